The summed E-state index contributed by atoms with van der Waals surface area (Å²) in [6.45, 7) is 2.65. The van der Waals surface area contributed by atoms with Crippen LogP contribution in [0.25, 0.3) is 0 Å². The smallest absolute Gasteiger partial charge is 0.152 e. The van der Waals surface area contributed by atoms with Crippen molar-refractivity contribution in [3.63, 3.8) is 0 Å². The Morgan fingerprint density at radius 2 is 1.72 bits per heavy atom. The first-order valence-corrected chi connectivity index (χ1v) is 8.87. The second-order valence-electron chi connectivity index (χ2n) is 5.48. The molecule has 0 aromatic heterocycles. The first-order chi connectivity index (χ1) is 8.47. The third-order valence-corrected chi connectivity index (χ3v) is 5.36. The molecular weight excluding hydrogens is 250 g/mol. The highest BCUT2D eigenvalue weighted by Gasteiger charge is 2.26. The van der Waals surface area contributed by atoms with Crippen molar-refractivity contribution in [1.82, 2.24) is 0 Å². The zero-order valence-corrected chi connectivity index (χ0v) is 12.3. The lowest BCUT2D eigenvalue weighted by molar-refractivity contribution is 0.0882. The van der Waals surface area contributed by atoms with E-state index >= 15 is 0 Å². The minimum atomic E-state index is -2.93. The van der Waals surface area contributed by atoms with E-state index in [9.17, 15) is 8.42 Å². The highest BCUT2D eigenvalue weighted by molar-refractivity contribution is 7.91. The van der Waals surface area contributed by atoms with Gasteiger partial charge in [0.2, 0.25) is 0 Å². The van der Waals surface area contributed by atoms with Gasteiger partial charge in [-0.05, 0) is 19.3 Å². The fourth-order valence-corrected chi connectivity index (χ4v) is 3.65. The molecule has 0 amide bonds. The van der Waals surface area contributed by atoms with E-state index in [1.54, 1.807) is 0 Å². The highest BCUT2D eigenvalue weighted by Crippen LogP contribution is 2.25. The van der Waals surface area contributed by atoms with Crippen molar-refractivity contribution in [3.05, 3.63) is 0 Å². The monoisotopic (exact) mass is 277 g/mol. The van der Waals surface area contributed by atoms with Crippen molar-refractivity contribution in [1.29, 1.82) is 0 Å². The minimum Gasteiger partial charge on any atom is -0.378 e. The molecule has 5 heteroatoms. The Labute approximate surface area is 111 Å². The van der Waals surface area contributed by atoms with Gasteiger partial charge in [-0.15, -0.1) is 0 Å². The Kier molecular flexibility index (Phi) is 6.60. The Morgan fingerprint density at radius 3 is 2.28 bits per heavy atom. The molecule has 1 aliphatic carbocycles. The molecule has 0 unspecified atom stereocenters. The summed E-state index contributed by atoms with van der Waals surface area (Å²) in [5.41, 5.74) is 6.06. The van der Waals surface area contributed by atoms with E-state index in [2.05, 4.69) is 0 Å². The van der Waals surface area contributed by atoms with Crippen LogP contribution in [0.4, 0.5) is 0 Å². The summed E-state index contributed by atoms with van der Waals surface area (Å²) in [5, 5.41) is 0. The summed E-state index contributed by atoms with van der Waals surface area (Å²) in [6.07, 6.45) is 7.49. The van der Waals surface area contributed by atoms with E-state index in [4.69, 9.17) is 10.5 Å². The fraction of sp³-hybridized carbons (Fsp3) is 1.00. The molecule has 0 spiro atoms. The number of hydrogen-bond acceptors (Lipinski definition) is 4. The first-order valence-electron chi connectivity index (χ1n) is 7.04. The van der Waals surface area contributed by atoms with Crippen LogP contribution in [0.5, 0.6) is 0 Å². The number of nitrogens with two attached hydrogens (primary N) is 1. The van der Waals surface area contributed by atoms with Crippen LogP contribution in [0.3, 0.4) is 0 Å². The molecule has 108 valence electrons. The lowest BCUT2D eigenvalue weighted by atomic mass is 9.93. The van der Waals surface area contributed by atoms with Crippen LogP contribution in [0, 0.1) is 0 Å². The Balaban J connectivity index is 2.24. The van der Waals surface area contributed by atoms with Crippen LogP contribution in [-0.4, -0.2) is 38.7 Å². The van der Waals surface area contributed by atoms with E-state index in [1.165, 1.54) is 12.8 Å². The summed E-state index contributed by atoms with van der Waals surface area (Å²) >= 11 is 0. The second-order valence-corrected chi connectivity index (χ2v) is 7.78. The molecule has 1 aliphatic rings. The molecule has 0 radical (unpaired) electrons. The Bertz CT molecular complexity index is 319. The molecule has 0 aromatic rings. The molecule has 0 saturated heterocycles. The van der Waals surface area contributed by atoms with Crippen LogP contribution in [0.2, 0.25) is 0 Å². The molecule has 0 heterocycles. The maximum atomic E-state index is 11.5. The van der Waals surface area contributed by atoms with Gasteiger partial charge in [0.1, 0.15) is 0 Å². The van der Waals surface area contributed by atoms with E-state index in [0.29, 0.717) is 13.0 Å². The molecular formula is C13H27NO3S. The van der Waals surface area contributed by atoms with Gasteiger partial charge in [-0.25, -0.2) is 8.42 Å². The van der Waals surface area contributed by atoms with Gasteiger partial charge in [0.25, 0.3) is 0 Å². The Morgan fingerprint density at radius 1 is 1.11 bits per heavy atom. The summed E-state index contributed by atoms with van der Waals surface area (Å²) < 4.78 is 28.5. The van der Waals surface area contributed by atoms with Crippen molar-refractivity contribution in [2.75, 3.05) is 24.7 Å². The van der Waals surface area contributed by atoms with Crippen molar-refractivity contribution in [2.45, 2.75) is 57.4 Å². The third kappa shape index (κ3) is 6.16. The van der Waals surface area contributed by atoms with Gasteiger partial charge in [-0.1, -0.05) is 32.6 Å². The Hall–Kier alpha value is -0.130. The van der Waals surface area contributed by atoms with Crippen LogP contribution in [0.1, 0.15) is 51.9 Å². The molecule has 0 bridgehead atoms. The first kappa shape index (κ1) is 15.9. The number of rotatable bonds is 7. The van der Waals surface area contributed by atoms with Gasteiger partial charge < -0.3 is 10.5 Å². The predicted octanol–water partition coefficient (Wildman–Crippen LogP) is 1.88. The highest BCUT2D eigenvalue weighted by atomic mass is 32.2. The van der Waals surface area contributed by atoms with E-state index < -0.39 is 9.84 Å². The molecule has 1 saturated carbocycles. The summed E-state index contributed by atoms with van der Waals surface area (Å²) in [6, 6.07) is 0. The van der Waals surface area contributed by atoms with Gasteiger partial charge in [-0.3, -0.25) is 0 Å². The van der Waals surface area contributed by atoms with Gasteiger partial charge in [0, 0.05) is 11.3 Å². The van der Waals surface area contributed by atoms with Gasteiger partial charge in [0.15, 0.2) is 9.84 Å². The van der Waals surface area contributed by atoms with E-state index in [1.807, 2.05) is 6.92 Å². The van der Waals surface area contributed by atoms with Crippen LogP contribution in [-0.2, 0) is 14.6 Å². The largest absolute Gasteiger partial charge is 0.378 e. The average Bonchev–Trinajstić information content (AvgIpc) is 2.50. The molecule has 2 N–H and O–H groups in total. The maximum Gasteiger partial charge on any atom is 0.152 e. The van der Waals surface area contributed by atoms with Crippen LogP contribution >= 0.6 is 0 Å². The van der Waals surface area contributed by atoms with Crippen LogP contribution < -0.4 is 5.73 Å². The number of ether oxygens (including phenoxy) is 1. The van der Waals surface area contributed by atoms with Gasteiger partial charge in [0.05, 0.1) is 19.0 Å². The van der Waals surface area contributed by atoms with Gasteiger partial charge in [-0.2, -0.15) is 0 Å². The molecule has 0 atom stereocenters. The third-order valence-electron chi connectivity index (χ3n) is 3.54. The second kappa shape index (κ2) is 7.46. The normalized spacial score (nSPS) is 20.6. The zero-order valence-electron chi connectivity index (χ0n) is 11.5. The van der Waals surface area contributed by atoms with Crippen molar-refractivity contribution in [3.8, 4) is 0 Å². The summed E-state index contributed by atoms with van der Waals surface area (Å²) in [7, 11) is -2.93. The van der Waals surface area contributed by atoms with Crippen molar-refractivity contribution in [2.24, 2.45) is 5.73 Å². The van der Waals surface area contributed by atoms with E-state index in [-0.39, 0.29) is 23.7 Å². The molecule has 0 aromatic carbocycles. The van der Waals surface area contributed by atoms with Crippen molar-refractivity contribution >= 4 is 9.84 Å². The topological polar surface area (TPSA) is 69.4 Å². The summed E-state index contributed by atoms with van der Waals surface area (Å²) in [4.78, 5) is 0. The molecule has 18 heavy (non-hydrogen) atoms. The SMILES string of the molecule is CCCS(=O)(=O)CCOCC1(N)CCCCCC1. The lowest BCUT2D eigenvalue weighted by Crippen LogP contribution is -2.44. The fourth-order valence-electron chi connectivity index (χ4n) is 2.45. The zero-order chi connectivity index (χ0) is 13.5. The average molecular weight is 277 g/mol. The van der Waals surface area contributed by atoms with Gasteiger partial charge >= 0.3 is 0 Å². The maximum absolute atomic E-state index is 11.5. The number of hydrogen-bond donors (Lipinski definition) is 1. The molecule has 1 fully saturated rings. The molecule has 1 rings (SSSR count). The molecule has 4 nitrogen and oxygen atoms in total. The summed E-state index contributed by atoms with van der Waals surface area (Å²) in [5.74, 6) is 0.376. The minimum absolute atomic E-state index is 0.122. The number of sulfone groups is 1. The standard InChI is InChI=1S/C13H27NO3S/c1-2-10-18(15,16)11-9-17-12-13(14)7-5-3-4-6-8-13/h2-12,14H2,1H3. The quantitative estimate of drug-likeness (QED) is 0.570. The van der Waals surface area contributed by atoms with E-state index in [0.717, 1.165) is 25.7 Å². The van der Waals surface area contributed by atoms with Crippen molar-refractivity contribution < 1.29 is 13.2 Å². The predicted molar refractivity (Wildman–Crippen MR) is 74.4 cm³/mol. The van der Waals surface area contributed by atoms with Crippen LogP contribution in [0.15, 0.2) is 0 Å². The lowest BCUT2D eigenvalue weighted by Gasteiger charge is -2.27. The molecule has 0 aliphatic heterocycles.